The zero-order chi connectivity index (χ0) is 25.6. The van der Waals surface area contributed by atoms with Crippen molar-refractivity contribution in [2.45, 2.75) is 36.3 Å². The minimum Gasteiger partial charge on any atom is -0.507 e. The van der Waals surface area contributed by atoms with Crippen molar-refractivity contribution < 1.29 is 33.3 Å². The number of carbonyl (C=O) groups is 2. The summed E-state index contributed by atoms with van der Waals surface area (Å²) in [4.78, 5) is 24.6. The molecule has 5 N–H and O–H groups in total. The van der Waals surface area contributed by atoms with E-state index in [0.717, 1.165) is 37.9 Å². The Kier molecular flexibility index (Phi) is 8.71. The lowest BCUT2D eigenvalue weighted by molar-refractivity contribution is -0.136. The van der Waals surface area contributed by atoms with Crippen LogP contribution >= 0.6 is 0 Å². The third-order valence-corrected chi connectivity index (χ3v) is 7.11. The van der Waals surface area contributed by atoms with Crippen molar-refractivity contribution in [2.75, 3.05) is 37.3 Å². The van der Waals surface area contributed by atoms with Crippen LogP contribution in [0, 0.1) is 0 Å². The molecule has 1 fully saturated rings. The summed E-state index contributed by atoms with van der Waals surface area (Å²) < 4.78 is 23.6. The predicted octanol–water partition coefficient (Wildman–Crippen LogP) is 1.29. The molecule has 1 unspecified atom stereocenters. The molecule has 1 atom stereocenters. The van der Waals surface area contributed by atoms with Gasteiger partial charge in [-0.3, -0.25) is 9.59 Å². The minimum atomic E-state index is -3.60. The van der Waals surface area contributed by atoms with Gasteiger partial charge in [-0.2, -0.15) is 0 Å². The Balaban J connectivity index is 1.47. The first-order valence-electron chi connectivity index (χ1n) is 11.3. The Morgan fingerprint density at radius 2 is 1.77 bits per heavy atom. The first kappa shape index (κ1) is 26.5. The molecule has 2 aromatic carbocycles. The number of anilines is 1. The number of hydrogen-bond donors (Lipinski definition) is 5. The highest BCUT2D eigenvalue weighted by molar-refractivity contribution is 7.90. The number of aliphatic hydroxyl groups excluding tert-OH is 1. The molecule has 1 aliphatic rings. The Bertz CT molecular complexity index is 1140. The molecule has 10 nitrogen and oxygen atoms in total. The molecule has 1 amide bonds. The summed E-state index contributed by atoms with van der Waals surface area (Å²) in [6.45, 7) is 1.91. The number of rotatable bonds is 10. The number of hydrogen-bond acceptors (Lipinski definition) is 8. The number of carbonyl (C=O) groups excluding carboxylic acids is 1. The quantitative estimate of drug-likeness (QED) is 0.321. The van der Waals surface area contributed by atoms with Gasteiger partial charge in [0.1, 0.15) is 10.6 Å². The Labute approximate surface area is 204 Å². The second kappa shape index (κ2) is 11.5. The first-order valence-corrected chi connectivity index (χ1v) is 13.2. The number of phenolic OH excluding ortho intramolecular Hbond substituents is 1. The van der Waals surface area contributed by atoms with E-state index in [1.54, 1.807) is 12.1 Å². The van der Waals surface area contributed by atoms with Crippen molar-refractivity contribution in [3.8, 4) is 5.75 Å². The molecule has 0 aliphatic carbocycles. The van der Waals surface area contributed by atoms with Gasteiger partial charge in [-0.1, -0.05) is 6.07 Å². The lowest BCUT2D eigenvalue weighted by atomic mass is 10.0. The average molecular weight is 506 g/mol. The molecule has 1 aliphatic heterocycles. The zero-order valence-electron chi connectivity index (χ0n) is 19.5. The number of benzene rings is 2. The van der Waals surface area contributed by atoms with Crippen LogP contribution in [0.3, 0.4) is 0 Å². The van der Waals surface area contributed by atoms with Crippen molar-refractivity contribution in [3.63, 3.8) is 0 Å². The molecule has 0 bridgehead atoms. The largest absolute Gasteiger partial charge is 0.507 e. The monoisotopic (exact) mass is 505 g/mol. The van der Waals surface area contributed by atoms with Gasteiger partial charge in [-0.05, 0) is 54.8 Å². The Hall–Kier alpha value is -3.15. The number of carboxylic acid groups (broad SMARTS) is 1. The molecule has 3 rings (SSSR count). The van der Waals surface area contributed by atoms with E-state index in [9.17, 15) is 28.2 Å². The van der Waals surface area contributed by atoms with Crippen LogP contribution in [0.25, 0.3) is 0 Å². The van der Waals surface area contributed by atoms with Gasteiger partial charge < -0.3 is 30.9 Å². The molecule has 1 saturated heterocycles. The average Bonchev–Trinajstić information content (AvgIpc) is 2.82. The van der Waals surface area contributed by atoms with E-state index in [1.165, 1.54) is 18.2 Å². The topological polar surface area (TPSA) is 156 Å². The second-order valence-electron chi connectivity index (χ2n) is 8.63. The Morgan fingerprint density at radius 1 is 1.11 bits per heavy atom. The normalized spacial score (nSPS) is 15.5. The number of sulfone groups is 1. The minimum absolute atomic E-state index is 0.0801. The highest BCUT2D eigenvalue weighted by Gasteiger charge is 2.22. The smallest absolute Gasteiger partial charge is 0.305 e. The number of nitrogens with zero attached hydrogens (tertiary/aromatic N) is 1. The third kappa shape index (κ3) is 7.41. The first-order chi connectivity index (χ1) is 16.5. The molecule has 1 heterocycles. The molecule has 190 valence electrons. The molecule has 35 heavy (non-hydrogen) atoms. The van der Waals surface area contributed by atoms with E-state index in [4.69, 9.17) is 5.11 Å². The number of phenols is 1. The van der Waals surface area contributed by atoms with E-state index in [1.807, 2.05) is 12.1 Å². The summed E-state index contributed by atoms with van der Waals surface area (Å²) in [7, 11) is -3.60. The number of aliphatic carboxylic acids is 1. The van der Waals surface area contributed by atoms with Crippen molar-refractivity contribution in [3.05, 3.63) is 53.6 Å². The summed E-state index contributed by atoms with van der Waals surface area (Å²) in [6, 6.07) is 11.4. The molecular weight excluding hydrogens is 474 g/mol. The van der Waals surface area contributed by atoms with Gasteiger partial charge >= 0.3 is 5.97 Å². The van der Waals surface area contributed by atoms with Gasteiger partial charge in [0.15, 0.2) is 9.84 Å². The van der Waals surface area contributed by atoms with Crippen molar-refractivity contribution in [1.29, 1.82) is 0 Å². The van der Waals surface area contributed by atoms with E-state index in [2.05, 4.69) is 15.5 Å². The van der Waals surface area contributed by atoms with E-state index in [0.29, 0.717) is 11.1 Å². The standard InChI is InChI=1S/C24H31N3O7S/c1-35(33,34)22-14-17(4-7-20(22)28)21(29)15-26-18-9-12-27(13-10-18)19-5-2-16(3-6-19)24(32)25-11-8-23(30)31/h2-7,14,18,21,26,28-29H,8-13,15H2,1H3,(H,25,32)(H,30,31). The molecule has 0 aromatic heterocycles. The number of carboxylic acids is 1. The molecule has 0 saturated carbocycles. The van der Waals surface area contributed by atoms with E-state index < -0.39 is 21.9 Å². The lowest BCUT2D eigenvalue weighted by Gasteiger charge is -2.34. The maximum absolute atomic E-state index is 12.1. The fourth-order valence-electron chi connectivity index (χ4n) is 3.98. The summed E-state index contributed by atoms with van der Waals surface area (Å²) in [5.41, 5.74) is 1.88. The highest BCUT2D eigenvalue weighted by Crippen LogP contribution is 2.27. The number of aliphatic hydroxyl groups is 1. The van der Waals surface area contributed by atoms with Crippen LogP contribution in [-0.2, 0) is 14.6 Å². The zero-order valence-corrected chi connectivity index (χ0v) is 20.3. The van der Waals surface area contributed by atoms with Crippen LogP contribution in [0.1, 0.15) is 41.3 Å². The van der Waals surface area contributed by atoms with Gasteiger partial charge in [-0.15, -0.1) is 0 Å². The molecular formula is C24H31N3O7S. The van der Waals surface area contributed by atoms with Crippen molar-refractivity contribution in [1.82, 2.24) is 10.6 Å². The van der Waals surface area contributed by atoms with Crippen LogP contribution in [0.4, 0.5) is 5.69 Å². The molecule has 2 aromatic rings. The van der Waals surface area contributed by atoms with Gasteiger partial charge in [0.05, 0.1) is 12.5 Å². The predicted molar refractivity (Wildman–Crippen MR) is 130 cm³/mol. The highest BCUT2D eigenvalue weighted by atomic mass is 32.2. The summed E-state index contributed by atoms with van der Waals surface area (Å²) >= 11 is 0. The molecule has 0 spiro atoms. The number of amides is 1. The summed E-state index contributed by atoms with van der Waals surface area (Å²) in [5.74, 6) is -1.61. The van der Waals surface area contributed by atoms with Crippen LogP contribution in [0.2, 0.25) is 0 Å². The van der Waals surface area contributed by atoms with Gasteiger partial charge in [0.2, 0.25) is 0 Å². The summed E-state index contributed by atoms with van der Waals surface area (Å²) in [5, 5.41) is 34.8. The Morgan fingerprint density at radius 3 is 2.37 bits per heavy atom. The van der Waals surface area contributed by atoms with Crippen LogP contribution in [0.15, 0.2) is 47.4 Å². The number of nitrogens with one attached hydrogen (secondary N) is 2. The van der Waals surface area contributed by atoms with Gasteiger partial charge in [0.25, 0.3) is 5.91 Å². The van der Waals surface area contributed by atoms with Crippen LogP contribution in [0.5, 0.6) is 5.75 Å². The van der Waals surface area contributed by atoms with Gasteiger partial charge in [-0.25, -0.2) is 8.42 Å². The fourth-order valence-corrected chi connectivity index (χ4v) is 4.78. The third-order valence-electron chi connectivity index (χ3n) is 5.98. The molecule has 0 radical (unpaired) electrons. The van der Waals surface area contributed by atoms with Gasteiger partial charge in [0, 0.05) is 49.7 Å². The number of piperidine rings is 1. The van der Waals surface area contributed by atoms with Crippen molar-refractivity contribution >= 4 is 27.4 Å². The maximum atomic E-state index is 12.1. The van der Waals surface area contributed by atoms with Crippen molar-refractivity contribution in [2.24, 2.45) is 0 Å². The maximum Gasteiger partial charge on any atom is 0.305 e. The summed E-state index contributed by atoms with van der Waals surface area (Å²) in [6.07, 6.45) is 1.65. The SMILES string of the molecule is CS(=O)(=O)c1cc(C(O)CNC2CCN(c3ccc(C(=O)NCCC(=O)O)cc3)CC2)ccc1O. The molecule has 11 heteroatoms. The second-order valence-corrected chi connectivity index (χ2v) is 10.6. The van der Waals surface area contributed by atoms with Crippen LogP contribution < -0.4 is 15.5 Å². The number of aromatic hydroxyl groups is 1. The fraction of sp³-hybridized carbons (Fsp3) is 0.417. The van der Waals surface area contributed by atoms with E-state index in [-0.39, 0.29) is 42.1 Å². The van der Waals surface area contributed by atoms with Crippen LogP contribution in [-0.4, -0.2) is 74.1 Å². The lowest BCUT2D eigenvalue weighted by Crippen LogP contribution is -2.43. The van der Waals surface area contributed by atoms with E-state index >= 15 is 0 Å².